The monoisotopic (exact) mass is 338 g/mol. The van der Waals surface area contributed by atoms with Gasteiger partial charge in [0.1, 0.15) is 12.2 Å². The van der Waals surface area contributed by atoms with Crippen molar-refractivity contribution in [3.05, 3.63) is 35.9 Å². The van der Waals surface area contributed by atoms with Crippen LogP contribution in [0.5, 0.6) is 0 Å². The Hall–Kier alpha value is -1.92. The van der Waals surface area contributed by atoms with Gasteiger partial charge >= 0.3 is 11.9 Å². The molecule has 24 heavy (non-hydrogen) atoms. The number of esters is 2. The Morgan fingerprint density at radius 3 is 2.08 bits per heavy atom. The van der Waals surface area contributed by atoms with Crippen molar-refractivity contribution in [3.63, 3.8) is 0 Å². The number of rotatable bonds is 10. The molecule has 0 N–H and O–H groups in total. The Kier molecular flexibility index (Phi) is 9.04. The van der Waals surface area contributed by atoms with E-state index in [4.69, 9.17) is 18.9 Å². The van der Waals surface area contributed by atoms with Crippen LogP contribution in [0.15, 0.2) is 30.3 Å². The zero-order chi connectivity index (χ0) is 17.8. The van der Waals surface area contributed by atoms with Crippen LogP contribution in [0.1, 0.15) is 37.6 Å². The highest BCUT2D eigenvalue weighted by Gasteiger charge is 2.15. The third-order valence-corrected chi connectivity index (χ3v) is 2.71. The normalized spacial score (nSPS) is 11.1. The zero-order valence-electron chi connectivity index (χ0n) is 14.6. The predicted octanol–water partition coefficient (Wildman–Crippen LogP) is 2.61. The lowest BCUT2D eigenvalue weighted by Gasteiger charge is -2.19. The molecule has 0 saturated heterocycles. The maximum absolute atomic E-state index is 11.6. The molecule has 0 spiro atoms. The molecule has 134 valence electrons. The first-order chi connectivity index (χ1) is 11.4. The van der Waals surface area contributed by atoms with Crippen molar-refractivity contribution >= 4 is 11.9 Å². The molecule has 6 heteroatoms. The molecule has 1 aromatic rings. The molecule has 1 rings (SSSR count). The average molecular weight is 338 g/mol. The molecule has 0 aliphatic carbocycles. The van der Waals surface area contributed by atoms with Crippen LogP contribution in [0.4, 0.5) is 0 Å². The van der Waals surface area contributed by atoms with Gasteiger partial charge in [0.15, 0.2) is 0 Å². The first-order valence-electron chi connectivity index (χ1n) is 7.98. The second-order valence-electron chi connectivity index (χ2n) is 6.06. The van der Waals surface area contributed by atoms with Crippen LogP contribution in [0.2, 0.25) is 0 Å². The summed E-state index contributed by atoms with van der Waals surface area (Å²) in [7, 11) is 0. The number of ether oxygens (including phenoxy) is 4. The van der Waals surface area contributed by atoms with Gasteiger partial charge < -0.3 is 18.9 Å². The third-order valence-electron chi connectivity index (χ3n) is 2.71. The van der Waals surface area contributed by atoms with Crippen molar-refractivity contribution in [2.45, 2.75) is 32.8 Å². The SMILES string of the molecule is CC(C)(C)OC(=O)CCOCCOCCOC(=O)c1ccccc1. The number of carbonyl (C=O) groups is 2. The van der Waals surface area contributed by atoms with Crippen LogP contribution in [0.25, 0.3) is 0 Å². The number of hydrogen-bond donors (Lipinski definition) is 0. The van der Waals surface area contributed by atoms with Gasteiger partial charge in [0, 0.05) is 0 Å². The quantitative estimate of drug-likeness (QED) is 0.482. The molecular formula is C18H26O6. The molecular weight excluding hydrogens is 312 g/mol. The first-order valence-corrected chi connectivity index (χ1v) is 7.98. The van der Waals surface area contributed by atoms with Gasteiger partial charge in [-0.1, -0.05) is 18.2 Å². The zero-order valence-corrected chi connectivity index (χ0v) is 14.6. The molecule has 0 amide bonds. The summed E-state index contributed by atoms with van der Waals surface area (Å²) in [5.41, 5.74) is 0.0418. The number of hydrogen-bond acceptors (Lipinski definition) is 6. The van der Waals surface area contributed by atoms with E-state index in [-0.39, 0.29) is 25.0 Å². The van der Waals surface area contributed by atoms with Crippen molar-refractivity contribution < 1.29 is 28.5 Å². The van der Waals surface area contributed by atoms with E-state index in [1.807, 2.05) is 26.8 Å². The van der Waals surface area contributed by atoms with Gasteiger partial charge in [0.05, 0.1) is 38.4 Å². The lowest BCUT2D eigenvalue weighted by Crippen LogP contribution is -2.24. The van der Waals surface area contributed by atoms with Crippen LogP contribution < -0.4 is 0 Å². The van der Waals surface area contributed by atoms with Gasteiger partial charge in [-0.25, -0.2) is 4.79 Å². The number of carbonyl (C=O) groups excluding carboxylic acids is 2. The van der Waals surface area contributed by atoms with E-state index in [0.717, 1.165) is 0 Å². The van der Waals surface area contributed by atoms with Crippen LogP contribution in [-0.4, -0.2) is 50.6 Å². The van der Waals surface area contributed by atoms with Crippen LogP contribution in [-0.2, 0) is 23.7 Å². The Morgan fingerprint density at radius 2 is 1.46 bits per heavy atom. The second kappa shape index (κ2) is 10.8. The minimum atomic E-state index is -0.475. The lowest BCUT2D eigenvalue weighted by atomic mass is 10.2. The molecule has 0 aliphatic rings. The maximum atomic E-state index is 11.6. The van der Waals surface area contributed by atoms with E-state index >= 15 is 0 Å². The van der Waals surface area contributed by atoms with Gasteiger partial charge in [0.2, 0.25) is 0 Å². The Balaban J connectivity index is 1.94. The predicted molar refractivity (Wildman–Crippen MR) is 88.8 cm³/mol. The molecule has 0 unspecified atom stereocenters. The van der Waals surface area contributed by atoms with Gasteiger partial charge in [-0.05, 0) is 32.9 Å². The standard InChI is InChI=1S/C18H26O6/c1-18(2,3)24-16(19)9-10-21-11-12-22-13-14-23-17(20)15-7-5-4-6-8-15/h4-8H,9-14H2,1-3H3. The Labute approximate surface area is 143 Å². The summed E-state index contributed by atoms with van der Waals surface area (Å²) < 4.78 is 20.8. The second-order valence-corrected chi connectivity index (χ2v) is 6.06. The Morgan fingerprint density at radius 1 is 0.875 bits per heavy atom. The molecule has 0 heterocycles. The Bertz CT molecular complexity index is 492. The van der Waals surface area contributed by atoms with Gasteiger partial charge in [0.25, 0.3) is 0 Å². The minimum absolute atomic E-state index is 0.186. The van der Waals surface area contributed by atoms with E-state index in [9.17, 15) is 9.59 Å². The third kappa shape index (κ3) is 9.97. The van der Waals surface area contributed by atoms with Gasteiger partial charge in [-0.3, -0.25) is 4.79 Å². The molecule has 0 saturated carbocycles. The first kappa shape index (κ1) is 20.1. The van der Waals surface area contributed by atoms with E-state index in [0.29, 0.717) is 32.0 Å². The van der Waals surface area contributed by atoms with Crippen molar-refractivity contribution in [1.82, 2.24) is 0 Å². The molecule has 1 aromatic carbocycles. The van der Waals surface area contributed by atoms with Gasteiger partial charge in [-0.2, -0.15) is 0 Å². The molecule has 0 radical (unpaired) electrons. The van der Waals surface area contributed by atoms with Crippen molar-refractivity contribution in [2.24, 2.45) is 0 Å². The van der Waals surface area contributed by atoms with Crippen LogP contribution in [0, 0.1) is 0 Å². The fourth-order valence-corrected chi connectivity index (χ4v) is 1.72. The van der Waals surface area contributed by atoms with Gasteiger partial charge in [-0.15, -0.1) is 0 Å². The van der Waals surface area contributed by atoms with E-state index in [1.165, 1.54) is 0 Å². The average Bonchev–Trinajstić information content (AvgIpc) is 2.52. The molecule has 0 fully saturated rings. The summed E-state index contributed by atoms with van der Waals surface area (Å²) in [6.07, 6.45) is 0.214. The van der Waals surface area contributed by atoms with Crippen molar-refractivity contribution in [3.8, 4) is 0 Å². The summed E-state index contributed by atoms with van der Waals surface area (Å²) >= 11 is 0. The van der Waals surface area contributed by atoms with Crippen molar-refractivity contribution in [1.29, 1.82) is 0 Å². The summed E-state index contributed by atoms with van der Waals surface area (Å²) in [4.78, 5) is 23.1. The van der Waals surface area contributed by atoms with Crippen LogP contribution in [0.3, 0.4) is 0 Å². The maximum Gasteiger partial charge on any atom is 0.338 e. The van der Waals surface area contributed by atoms with Crippen molar-refractivity contribution in [2.75, 3.05) is 33.0 Å². The highest BCUT2D eigenvalue weighted by Crippen LogP contribution is 2.08. The molecule has 0 atom stereocenters. The van der Waals surface area contributed by atoms with E-state index < -0.39 is 5.60 Å². The van der Waals surface area contributed by atoms with E-state index in [1.54, 1.807) is 24.3 Å². The lowest BCUT2D eigenvalue weighted by molar-refractivity contribution is -0.156. The highest BCUT2D eigenvalue weighted by molar-refractivity contribution is 5.89. The minimum Gasteiger partial charge on any atom is -0.460 e. The molecule has 6 nitrogen and oxygen atoms in total. The van der Waals surface area contributed by atoms with Crippen LogP contribution >= 0.6 is 0 Å². The fourth-order valence-electron chi connectivity index (χ4n) is 1.72. The molecule has 0 bridgehead atoms. The smallest absolute Gasteiger partial charge is 0.338 e. The summed E-state index contributed by atoms with van der Waals surface area (Å²) in [6, 6.07) is 8.79. The fraction of sp³-hybridized carbons (Fsp3) is 0.556. The molecule has 0 aromatic heterocycles. The largest absolute Gasteiger partial charge is 0.460 e. The summed E-state index contributed by atoms with van der Waals surface area (Å²) in [6.45, 7) is 6.99. The molecule has 0 aliphatic heterocycles. The highest BCUT2D eigenvalue weighted by atomic mass is 16.6. The summed E-state index contributed by atoms with van der Waals surface area (Å²) in [5.74, 6) is -0.649. The van der Waals surface area contributed by atoms with E-state index in [2.05, 4.69) is 0 Å². The topological polar surface area (TPSA) is 71.1 Å². The number of benzene rings is 1. The summed E-state index contributed by atoms with van der Waals surface area (Å²) in [5, 5.41) is 0.